The molecule has 0 saturated carbocycles. The SMILES string of the molecule is C#N.C#N.C#N.C#N.C#N.C#N.COC(=O)C(C)N.[Fe]. The summed E-state index contributed by atoms with van der Waals surface area (Å²) in [5.74, 6) is -0.375. The summed E-state index contributed by atoms with van der Waals surface area (Å²) in [6.07, 6.45) is 0. The van der Waals surface area contributed by atoms with Crippen LogP contribution in [0.15, 0.2) is 0 Å². The number of esters is 1. The maximum atomic E-state index is 10.2. The number of ether oxygens (including phenoxy) is 1. The van der Waals surface area contributed by atoms with Gasteiger partial charge in [-0.2, -0.15) is 0 Å². The minimum atomic E-state index is -0.495. The maximum Gasteiger partial charge on any atom is 0.322 e. The van der Waals surface area contributed by atoms with Gasteiger partial charge in [0.15, 0.2) is 0 Å². The summed E-state index contributed by atoms with van der Waals surface area (Å²) in [6.45, 7) is 22.6. The Labute approximate surface area is 130 Å². The van der Waals surface area contributed by atoms with Gasteiger partial charge in [0.05, 0.1) is 7.11 Å². The maximum absolute atomic E-state index is 10.2. The Bertz CT molecular complexity index is 220. The van der Waals surface area contributed by atoms with Crippen LogP contribution in [0.4, 0.5) is 0 Å². The van der Waals surface area contributed by atoms with Crippen LogP contribution in [0.5, 0.6) is 0 Å². The predicted octanol–water partition coefficient (Wildman–Crippen LogP) is 0.343. The second kappa shape index (κ2) is 233. The van der Waals surface area contributed by atoms with E-state index in [2.05, 4.69) is 44.2 Å². The molecule has 2 N–H and O–H groups in total. The molecule has 0 aliphatic rings. The van der Waals surface area contributed by atoms with E-state index in [1.807, 2.05) is 0 Å². The van der Waals surface area contributed by atoms with Crippen molar-refractivity contribution in [2.24, 2.45) is 5.73 Å². The molecule has 1 atom stereocenters. The third kappa shape index (κ3) is 344. The molecule has 0 fully saturated rings. The zero-order valence-electron chi connectivity index (χ0n) is 11.0. The Morgan fingerprint density at radius 1 is 0.850 bits per heavy atom. The number of carbonyl (C=O) groups excluding carboxylic acids is 1. The number of rotatable bonds is 1. The van der Waals surface area contributed by atoms with Crippen LogP contribution in [0.2, 0.25) is 0 Å². The smallest absolute Gasteiger partial charge is 0.322 e. The summed E-state index contributed by atoms with van der Waals surface area (Å²) in [6, 6.07) is -0.495. The van der Waals surface area contributed by atoms with Crippen molar-refractivity contribution in [2.75, 3.05) is 7.11 Å². The van der Waals surface area contributed by atoms with Crippen molar-refractivity contribution in [1.82, 2.24) is 0 Å². The molecule has 0 aromatic carbocycles. The van der Waals surface area contributed by atoms with Crippen molar-refractivity contribution in [2.45, 2.75) is 13.0 Å². The van der Waals surface area contributed by atoms with Crippen molar-refractivity contribution in [3.63, 3.8) is 0 Å². The first-order chi connectivity index (χ1) is 9.18. The van der Waals surface area contributed by atoms with E-state index >= 15 is 0 Å². The van der Waals surface area contributed by atoms with Crippen LogP contribution < -0.4 is 5.73 Å². The van der Waals surface area contributed by atoms with Gasteiger partial charge in [-0.1, -0.05) is 0 Å². The molecule has 0 saturated heterocycles. The van der Waals surface area contributed by atoms with Gasteiger partial charge in [-0.25, -0.2) is 31.6 Å². The molecule has 0 aromatic heterocycles. The van der Waals surface area contributed by atoms with Gasteiger partial charge in [0, 0.05) is 56.5 Å². The van der Waals surface area contributed by atoms with Gasteiger partial charge >= 0.3 is 5.97 Å². The largest absolute Gasteiger partial charge is 0.468 e. The van der Waals surface area contributed by atoms with Crippen LogP contribution in [0.3, 0.4) is 0 Å². The molecule has 0 rings (SSSR count). The molecular formula is C10H15FeN7O2. The average Bonchev–Trinajstić information content (AvgIpc) is 2.57. The van der Waals surface area contributed by atoms with E-state index in [9.17, 15) is 4.79 Å². The van der Waals surface area contributed by atoms with E-state index in [0.717, 1.165) is 0 Å². The molecule has 0 aliphatic carbocycles. The predicted molar refractivity (Wildman–Crippen MR) is 65.7 cm³/mol. The van der Waals surface area contributed by atoms with Gasteiger partial charge in [0.25, 0.3) is 0 Å². The molecule has 9 nitrogen and oxygen atoms in total. The fraction of sp³-hybridized carbons (Fsp3) is 0.300. The summed E-state index contributed by atoms with van der Waals surface area (Å²) in [4.78, 5) is 10.2. The summed E-state index contributed by atoms with van der Waals surface area (Å²) >= 11 is 0. The second-order valence-electron chi connectivity index (χ2n) is 1.31. The molecule has 110 valence electrons. The number of hydrogen-bond donors (Lipinski definition) is 1. The van der Waals surface area contributed by atoms with E-state index < -0.39 is 6.04 Å². The minimum Gasteiger partial charge on any atom is -0.468 e. The summed E-state index contributed by atoms with van der Waals surface area (Å²) in [5, 5.41) is 39.0. The molecule has 0 aliphatic heterocycles. The van der Waals surface area contributed by atoms with Crippen molar-refractivity contribution in [3.05, 3.63) is 0 Å². The van der Waals surface area contributed by atoms with Crippen molar-refractivity contribution < 1.29 is 26.6 Å². The van der Waals surface area contributed by atoms with Gasteiger partial charge in [-0.15, -0.1) is 0 Å². The molecule has 10 heteroatoms. The number of hydrogen-bond acceptors (Lipinski definition) is 9. The van der Waals surface area contributed by atoms with Crippen LogP contribution in [-0.2, 0) is 26.6 Å². The van der Waals surface area contributed by atoms with Gasteiger partial charge in [0.1, 0.15) is 6.04 Å². The van der Waals surface area contributed by atoms with Gasteiger partial charge < -0.3 is 10.5 Å². The van der Waals surface area contributed by atoms with E-state index in [-0.39, 0.29) is 23.0 Å². The van der Waals surface area contributed by atoms with Crippen LogP contribution in [-0.4, -0.2) is 19.1 Å². The zero-order valence-corrected chi connectivity index (χ0v) is 12.1. The summed E-state index contributed by atoms with van der Waals surface area (Å²) in [7, 11) is 1.31. The third-order valence-corrected chi connectivity index (χ3v) is 0.573. The first-order valence-electron chi connectivity index (χ1n) is 3.57. The van der Waals surface area contributed by atoms with E-state index in [0.29, 0.717) is 0 Å². The van der Waals surface area contributed by atoms with E-state index in [1.165, 1.54) is 7.11 Å². The molecule has 0 heterocycles. The first-order valence-corrected chi connectivity index (χ1v) is 3.57. The van der Waals surface area contributed by atoms with Crippen LogP contribution >= 0.6 is 0 Å². The van der Waals surface area contributed by atoms with E-state index in [1.54, 1.807) is 6.92 Å². The second-order valence-corrected chi connectivity index (χ2v) is 1.31. The topological polar surface area (TPSA) is 195 Å². The molecule has 0 radical (unpaired) electrons. The molecule has 0 aromatic rings. The first kappa shape index (κ1) is 54.0. The Balaban J connectivity index is -0.0000000159. The molecule has 1 unspecified atom stereocenters. The fourth-order valence-electron chi connectivity index (χ4n) is 0.186. The Morgan fingerprint density at radius 3 is 1.00 bits per heavy atom. The van der Waals surface area contributed by atoms with Gasteiger partial charge in [0.2, 0.25) is 0 Å². The number of nitrogens with two attached hydrogens (primary N) is 1. The van der Waals surface area contributed by atoms with Crippen LogP contribution in [0, 0.1) is 71.0 Å². The summed E-state index contributed by atoms with van der Waals surface area (Å²) in [5.41, 5.74) is 5.07. The molecule has 0 amide bonds. The monoisotopic (exact) mass is 321 g/mol. The van der Waals surface area contributed by atoms with Crippen molar-refractivity contribution in [3.8, 4) is 39.4 Å². The van der Waals surface area contributed by atoms with Crippen LogP contribution in [0.1, 0.15) is 6.92 Å². The molecule has 20 heavy (non-hydrogen) atoms. The van der Waals surface area contributed by atoms with Gasteiger partial charge in [-0.3, -0.25) is 4.79 Å². The average molecular weight is 321 g/mol. The Hall–Kier alpha value is -3.11. The number of nitriles is 6. The number of carbonyl (C=O) groups is 1. The van der Waals surface area contributed by atoms with E-state index in [4.69, 9.17) is 37.3 Å². The van der Waals surface area contributed by atoms with Crippen molar-refractivity contribution >= 4 is 5.97 Å². The Morgan fingerprint density at radius 2 is 1.00 bits per heavy atom. The quantitative estimate of drug-likeness (QED) is 0.522. The van der Waals surface area contributed by atoms with Crippen LogP contribution in [0.25, 0.3) is 0 Å². The molecule has 0 bridgehead atoms. The fourth-order valence-corrected chi connectivity index (χ4v) is 0.186. The summed E-state index contributed by atoms with van der Waals surface area (Å²) < 4.78 is 4.25. The number of methoxy groups -OCH3 is 1. The zero-order chi connectivity index (χ0) is 17.9. The Kier molecular flexibility index (Phi) is 628. The van der Waals surface area contributed by atoms with Gasteiger partial charge in [-0.05, 0) is 6.92 Å². The third-order valence-electron chi connectivity index (χ3n) is 0.573. The molecule has 0 spiro atoms. The standard InChI is InChI=1S/C4H9NO2.6CHN.Fe/c1-3(5)4(6)7-2;6*1-2;/h3H,5H2,1-2H3;6*1H;. The minimum absolute atomic E-state index is 0. The number of nitrogens with zero attached hydrogens (tertiary/aromatic N) is 6. The van der Waals surface area contributed by atoms with Crippen molar-refractivity contribution in [1.29, 1.82) is 31.6 Å². The molecular weight excluding hydrogens is 306 g/mol. The normalized spacial score (nSPS) is 5.15.